The van der Waals surface area contributed by atoms with E-state index < -0.39 is 0 Å². The molecule has 0 radical (unpaired) electrons. The molecule has 2 aromatic rings. The third kappa shape index (κ3) is 3.05. The molecule has 1 atom stereocenters. The van der Waals surface area contributed by atoms with Gasteiger partial charge >= 0.3 is 0 Å². The first-order valence-corrected chi connectivity index (χ1v) is 5.85. The molecule has 4 nitrogen and oxygen atoms in total. The fraction of sp³-hybridized carbons (Fsp3) is 0.462. The number of aryl methyl sites for hydroxylation is 1. The summed E-state index contributed by atoms with van der Waals surface area (Å²) in [5.41, 5.74) is 8.76. The zero-order valence-corrected chi connectivity index (χ0v) is 10.6. The molecule has 1 aromatic heterocycles. The first kappa shape index (κ1) is 12.1. The van der Waals surface area contributed by atoms with E-state index in [-0.39, 0.29) is 6.04 Å². The van der Waals surface area contributed by atoms with Crippen LogP contribution in [0, 0.1) is 6.92 Å². The zero-order chi connectivity index (χ0) is 12.4. The van der Waals surface area contributed by atoms with Crippen molar-refractivity contribution in [2.45, 2.75) is 26.4 Å². The van der Waals surface area contributed by atoms with Crippen molar-refractivity contribution < 1.29 is 4.42 Å². The standard InChI is InChI=1S/C13H19N3O/c1-9(14)7-16(3)8-11-4-5-12-13(6-11)17-10(2)15-12/h4-6,9H,7-8,14H2,1-3H3. The van der Waals surface area contributed by atoms with Crippen LogP contribution in [0.2, 0.25) is 0 Å². The molecule has 1 unspecified atom stereocenters. The van der Waals surface area contributed by atoms with E-state index in [2.05, 4.69) is 23.0 Å². The highest BCUT2D eigenvalue weighted by atomic mass is 16.3. The Hall–Kier alpha value is -1.39. The largest absolute Gasteiger partial charge is 0.441 e. The van der Waals surface area contributed by atoms with E-state index in [9.17, 15) is 0 Å². The molecule has 0 aliphatic heterocycles. The zero-order valence-electron chi connectivity index (χ0n) is 10.6. The van der Waals surface area contributed by atoms with Gasteiger partial charge in [-0.25, -0.2) is 4.98 Å². The van der Waals surface area contributed by atoms with Crippen LogP contribution in [0.3, 0.4) is 0 Å². The van der Waals surface area contributed by atoms with Gasteiger partial charge in [0.2, 0.25) is 0 Å². The Morgan fingerprint density at radius 3 is 2.94 bits per heavy atom. The maximum atomic E-state index is 5.77. The van der Waals surface area contributed by atoms with E-state index in [1.807, 2.05) is 26.0 Å². The van der Waals surface area contributed by atoms with E-state index >= 15 is 0 Å². The van der Waals surface area contributed by atoms with Crippen LogP contribution in [-0.2, 0) is 6.54 Å². The molecule has 17 heavy (non-hydrogen) atoms. The fourth-order valence-electron chi connectivity index (χ4n) is 2.05. The van der Waals surface area contributed by atoms with E-state index in [1.165, 1.54) is 5.56 Å². The lowest BCUT2D eigenvalue weighted by Gasteiger charge is -2.18. The maximum absolute atomic E-state index is 5.77. The molecule has 0 spiro atoms. The van der Waals surface area contributed by atoms with Gasteiger partial charge in [0.1, 0.15) is 5.52 Å². The van der Waals surface area contributed by atoms with Crippen LogP contribution in [0.5, 0.6) is 0 Å². The first-order chi connectivity index (χ1) is 8.04. The molecular weight excluding hydrogens is 214 g/mol. The van der Waals surface area contributed by atoms with Gasteiger partial charge in [-0.05, 0) is 31.7 Å². The lowest BCUT2D eigenvalue weighted by Crippen LogP contribution is -2.32. The number of oxazole rings is 1. The van der Waals surface area contributed by atoms with Gasteiger partial charge in [0.05, 0.1) is 0 Å². The van der Waals surface area contributed by atoms with Gasteiger partial charge < -0.3 is 15.1 Å². The molecule has 92 valence electrons. The van der Waals surface area contributed by atoms with E-state index in [4.69, 9.17) is 10.2 Å². The van der Waals surface area contributed by atoms with Crippen molar-refractivity contribution in [1.29, 1.82) is 0 Å². The molecule has 0 fully saturated rings. The highest BCUT2D eigenvalue weighted by molar-refractivity contribution is 5.73. The van der Waals surface area contributed by atoms with Crippen molar-refractivity contribution in [2.75, 3.05) is 13.6 Å². The average Bonchev–Trinajstić information content (AvgIpc) is 2.55. The van der Waals surface area contributed by atoms with Crippen molar-refractivity contribution in [2.24, 2.45) is 5.73 Å². The Morgan fingerprint density at radius 2 is 2.24 bits per heavy atom. The summed E-state index contributed by atoms with van der Waals surface area (Å²) >= 11 is 0. The molecule has 4 heteroatoms. The summed E-state index contributed by atoms with van der Waals surface area (Å²) < 4.78 is 5.52. The number of benzene rings is 1. The van der Waals surface area contributed by atoms with Gasteiger partial charge in [-0.2, -0.15) is 0 Å². The third-order valence-corrected chi connectivity index (χ3v) is 2.61. The fourth-order valence-corrected chi connectivity index (χ4v) is 2.05. The number of nitrogens with zero attached hydrogens (tertiary/aromatic N) is 2. The number of hydrogen-bond acceptors (Lipinski definition) is 4. The highest BCUT2D eigenvalue weighted by Crippen LogP contribution is 2.17. The Labute approximate surface area is 101 Å². The maximum Gasteiger partial charge on any atom is 0.192 e. The van der Waals surface area contributed by atoms with Gasteiger partial charge in [-0.15, -0.1) is 0 Å². The normalized spacial score (nSPS) is 13.5. The summed E-state index contributed by atoms with van der Waals surface area (Å²) in [6.07, 6.45) is 0. The molecule has 0 saturated carbocycles. The number of rotatable bonds is 4. The van der Waals surface area contributed by atoms with Crippen LogP contribution >= 0.6 is 0 Å². The van der Waals surface area contributed by atoms with Crippen LogP contribution in [-0.4, -0.2) is 29.5 Å². The van der Waals surface area contributed by atoms with Gasteiger partial charge in [0.25, 0.3) is 0 Å². The van der Waals surface area contributed by atoms with Gasteiger partial charge in [-0.1, -0.05) is 6.07 Å². The predicted molar refractivity (Wildman–Crippen MR) is 68.7 cm³/mol. The minimum Gasteiger partial charge on any atom is -0.441 e. The SMILES string of the molecule is Cc1nc2ccc(CN(C)CC(C)N)cc2o1. The number of nitrogens with two attached hydrogens (primary N) is 1. The van der Waals surface area contributed by atoms with Crippen LogP contribution in [0.4, 0.5) is 0 Å². The molecule has 1 heterocycles. The number of fused-ring (bicyclic) bond motifs is 1. The molecule has 0 amide bonds. The van der Waals surface area contributed by atoms with Gasteiger partial charge in [-0.3, -0.25) is 0 Å². The minimum atomic E-state index is 0.191. The van der Waals surface area contributed by atoms with Gasteiger partial charge in [0, 0.05) is 26.1 Å². The van der Waals surface area contributed by atoms with Crippen molar-refractivity contribution in [1.82, 2.24) is 9.88 Å². The summed E-state index contributed by atoms with van der Waals surface area (Å²) in [5.74, 6) is 0.709. The number of likely N-dealkylation sites (N-methyl/N-ethyl adjacent to an activating group) is 1. The number of aromatic nitrogens is 1. The van der Waals surface area contributed by atoms with Crippen molar-refractivity contribution in [3.8, 4) is 0 Å². The molecule has 2 rings (SSSR count). The predicted octanol–water partition coefficient (Wildman–Crippen LogP) is 1.92. The van der Waals surface area contributed by atoms with E-state index in [0.717, 1.165) is 24.2 Å². The van der Waals surface area contributed by atoms with Crippen molar-refractivity contribution in [3.63, 3.8) is 0 Å². The third-order valence-electron chi connectivity index (χ3n) is 2.61. The van der Waals surface area contributed by atoms with Crippen molar-refractivity contribution >= 4 is 11.1 Å². The summed E-state index contributed by atoms with van der Waals surface area (Å²) in [7, 11) is 2.07. The summed E-state index contributed by atoms with van der Waals surface area (Å²) in [6.45, 7) is 5.63. The molecule has 0 aliphatic rings. The summed E-state index contributed by atoms with van der Waals surface area (Å²) in [5, 5.41) is 0. The van der Waals surface area contributed by atoms with Crippen molar-refractivity contribution in [3.05, 3.63) is 29.7 Å². The van der Waals surface area contributed by atoms with Crippen LogP contribution < -0.4 is 5.73 Å². The Balaban J connectivity index is 2.13. The second-order valence-electron chi connectivity index (χ2n) is 4.71. The quantitative estimate of drug-likeness (QED) is 0.876. The van der Waals surface area contributed by atoms with Crippen LogP contribution in [0.25, 0.3) is 11.1 Å². The molecule has 1 aromatic carbocycles. The number of hydrogen-bond donors (Lipinski definition) is 1. The Bertz CT molecular complexity index is 504. The molecule has 0 bridgehead atoms. The molecule has 0 aliphatic carbocycles. The smallest absolute Gasteiger partial charge is 0.192 e. The lowest BCUT2D eigenvalue weighted by molar-refractivity contribution is 0.310. The lowest BCUT2D eigenvalue weighted by atomic mass is 10.2. The highest BCUT2D eigenvalue weighted by Gasteiger charge is 2.06. The van der Waals surface area contributed by atoms with E-state index in [0.29, 0.717) is 5.89 Å². The average molecular weight is 233 g/mol. The first-order valence-electron chi connectivity index (χ1n) is 5.85. The minimum absolute atomic E-state index is 0.191. The van der Waals surface area contributed by atoms with Crippen LogP contribution in [0.1, 0.15) is 18.4 Å². The second-order valence-corrected chi connectivity index (χ2v) is 4.71. The summed E-state index contributed by atoms with van der Waals surface area (Å²) in [6, 6.07) is 6.33. The Kier molecular flexibility index (Phi) is 3.45. The molecular formula is C13H19N3O. The van der Waals surface area contributed by atoms with E-state index in [1.54, 1.807) is 0 Å². The summed E-state index contributed by atoms with van der Waals surface area (Å²) in [4.78, 5) is 6.48. The van der Waals surface area contributed by atoms with Gasteiger partial charge in [0.15, 0.2) is 11.5 Å². The Morgan fingerprint density at radius 1 is 1.47 bits per heavy atom. The van der Waals surface area contributed by atoms with Crippen LogP contribution in [0.15, 0.2) is 22.6 Å². The topological polar surface area (TPSA) is 55.3 Å². The molecule has 2 N–H and O–H groups in total. The monoisotopic (exact) mass is 233 g/mol. The molecule has 0 saturated heterocycles. The second kappa shape index (κ2) is 4.85.